The van der Waals surface area contributed by atoms with Gasteiger partial charge in [-0.2, -0.15) is 0 Å². The maximum Gasteiger partial charge on any atom is 0.275 e. The predicted octanol–water partition coefficient (Wildman–Crippen LogP) is 4.71. The monoisotopic (exact) mass is 374 g/mol. The van der Waals surface area contributed by atoms with E-state index >= 15 is 0 Å². The standard InChI is InChI=1S/C18H13ClF2N4O/c1-10-11(19)4-2-7-14(10)24-18(26)15-8-23-16(9-22-15)25-17-12(20)5-3-6-13(17)21/h2-9H,1H3,(H,23,25)(H,24,26). The summed E-state index contributed by atoms with van der Waals surface area (Å²) < 4.78 is 27.3. The van der Waals surface area contributed by atoms with E-state index in [4.69, 9.17) is 11.6 Å². The van der Waals surface area contributed by atoms with E-state index in [2.05, 4.69) is 20.6 Å². The first kappa shape index (κ1) is 17.8. The van der Waals surface area contributed by atoms with Crippen molar-refractivity contribution in [1.82, 2.24) is 9.97 Å². The third kappa shape index (κ3) is 3.78. The maximum atomic E-state index is 13.6. The number of benzene rings is 2. The van der Waals surface area contributed by atoms with Crippen molar-refractivity contribution in [3.05, 3.63) is 76.7 Å². The van der Waals surface area contributed by atoms with Crippen molar-refractivity contribution in [2.45, 2.75) is 6.92 Å². The molecule has 3 rings (SSSR count). The zero-order valence-electron chi connectivity index (χ0n) is 13.6. The molecule has 2 aromatic carbocycles. The van der Waals surface area contributed by atoms with Crippen LogP contribution in [0, 0.1) is 18.6 Å². The van der Waals surface area contributed by atoms with Crippen LogP contribution in [0.15, 0.2) is 48.8 Å². The zero-order valence-corrected chi connectivity index (χ0v) is 14.3. The highest BCUT2D eigenvalue weighted by Gasteiger charge is 2.13. The molecule has 0 radical (unpaired) electrons. The molecule has 3 aromatic rings. The summed E-state index contributed by atoms with van der Waals surface area (Å²) in [4.78, 5) is 20.2. The van der Waals surface area contributed by atoms with Gasteiger partial charge in [-0.3, -0.25) is 4.79 Å². The third-order valence-corrected chi connectivity index (χ3v) is 4.03. The Morgan fingerprint density at radius 2 is 1.73 bits per heavy atom. The first-order chi connectivity index (χ1) is 12.5. The minimum absolute atomic E-state index is 0.0453. The van der Waals surface area contributed by atoms with Gasteiger partial charge in [0, 0.05) is 10.7 Å². The number of carbonyl (C=O) groups is 1. The topological polar surface area (TPSA) is 66.9 Å². The van der Waals surface area contributed by atoms with Crippen LogP contribution in [0.5, 0.6) is 0 Å². The molecule has 0 aliphatic rings. The van der Waals surface area contributed by atoms with E-state index in [0.29, 0.717) is 10.7 Å². The Hall–Kier alpha value is -3.06. The molecule has 26 heavy (non-hydrogen) atoms. The number of nitrogens with one attached hydrogen (secondary N) is 2. The number of amides is 1. The van der Waals surface area contributed by atoms with Gasteiger partial charge in [-0.1, -0.05) is 23.7 Å². The lowest BCUT2D eigenvalue weighted by atomic mass is 10.2. The lowest BCUT2D eigenvalue weighted by Crippen LogP contribution is -2.15. The van der Waals surface area contributed by atoms with Gasteiger partial charge in [0.2, 0.25) is 0 Å². The van der Waals surface area contributed by atoms with Crippen molar-refractivity contribution in [1.29, 1.82) is 0 Å². The highest BCUT2D eigenvalue weighted by atomic mass is 35.5. The smallest absolute Gasteiger partial charge is 0.275 e. The maximum absolute atomic E-state index is 13.6. The van der Waals surface area contributed by atoms with Crippen LogP contribution in [0.1, 0.15) is 16.1 Å². The molecular weight excluding hydrogens is 362 g/mol. The number of hydrogen-bond donors (Lipinski definition) is 2. The van der Waals surface area contributed by atoms with Gasteiger partial charge in [-0.05, 0) is 36.8 Å². The molecule has 0 fully saturated rings. The number of carbonyl (C=O) groups excluding carboxylic acids is 1. The number of hydrogen-bond acceptors (Lipinski definition) is 4. The summed E-state index contributed by atoms with van der Waals surface area (Å²) in [6.07, 6.45) is 2.42. The predicted molar refractivity (Wildman–Crippen MR) is 95.8 cm³/mol. The van der Waals surface area contributed by atoms with Crippen molar-refractivity contribution in [2.24, 2.45) is 0 Å². The Kier molecular flexibility index (Phi) is 5.09. The number of anilines is 3. The van der Waals surface area contributed by atoms with Crippen molar-refractivity contribution >= 4 is 34.7 Å². The Morgan fingerprint density at radius 1 is 1.04 bits per heavy atom. The van der Waals surface area contributed by atoms with Crippen molar-refractivity contribution < 1.29 is 13.6 Å². The summed E-state index contributed by atoms with van der Waals surface area (Å²) in [5, 5.41) is 5.72. The minimum Gasteiger partial charge on any atom is -0.334 e. The number of rotatable bonds is 4. The van der Waals surface area contributed by atoms with Crippen LogP contribution >= 0.6 is 11.6 Å². The molecule has 0 saturated carbocycles. The van der Waals surface area contributed by atoms with Crippen molar-refractivity contribution in [2.75, 3.05) is 10.6 Å². The number of aromatic nitrogens is 2. The SMILES string of the molecule is Cc1c(Cl)cccc1NC(=O)c1cnc(Nc2c(F)cccc2F)cn1. The van der Waals surface area contributed by atoms with Crippen LogP contribution in [-0.2, 0) is 0 Å². The van der Waals surface area contributed by atoms with E-state index in [0.717, 1.165) is 17.7 Å². The Balaban J connectivity index is 1.75. The molecule has 1 aromatic heterocycles. The molecule has 0 bridgehead atoms. The molecule has 1 amide bonds. The lowest BCUT2D eigenvalue weighted by molar-refractivity contribution is 0.102. The molecule has 0 unspecified atom stereocenters. The summed E-state index contributed by atoms with van der Waals surface area (Å²) in [5.74, 6) is -1.90. The third-order valence-electron chi connectivity index (χ3n) is 3.62. The first-order valence-corrected chi connectivity index (χ1v) is 7.93. The first-order valence-electron chi connectivity index (χ1n) is 7.55. The molecule has 2 N–H and O–H groups in total. The van der Waals surface area contributed by atoms with Gasteiger partial charge in [0.1, 0.15) is 28.8 Å². The molecule has 1 heterocycles. The van der Waals surface area contributed by atoms with Gasteiger partial charge in [0.25, 0.3) is 5.91 Å². The van der Waals surface area contributed by atoms with Gasteiger partial charge in [-0.25, -0.2) is 18.7 Å². The number of para-hydroxylation sites is 1. The normalized spacial score (nSPS) is 10.5. The van der Waals surface area contributed by atoms with Crippen molar-refractivity contribution in [3.63, 3.8) is 0 Å². The van der Waals surface area contributed by atoms with E-state index in [1.807, 2.05) is 0 Å². The number of nitrogens with zero attached hydrogens (tertiary/aromatic N) is 2. The minimum atomic E-state index is -0.759. The van der Waals surface area contributed by atoms with E-state index in [1.165, 1.54) is 18.5 Å². The molecule has 8 heteroatoms. The van der Waals surface area contributed by atoms with Crippen LogP contribution in [0.2, 0.25) is 5.02 Å². The number of halogens is 3. The van der Waals surface area contributed by atoms with E-state index in [-0.39, 0.29) is 17.2 Å². The second-order valence-electron chi connectivity index (χ2n) is 5.38. The van der Waals surface area contributed by atoms with Crippen LogP contribution in [0.4, 0.5) is 26.0 Å². The molecular formula is C18H13ClF2N4O. The quantitative estimate of drug-likeness (QED) is 0.694. The van der Waals surface area contributed by atoms with Gasteiger partial charge < -0.3 is 10.6 Å². The molecule has 0 aliphatic heterocycles. The highest BCUT2D eigenvalue weighted by molar-refractivity contribution is 6.31. The Morgan fingerprint density at radius 3 is 2.38 bits per heavy atom. The second kappa shape index (κ2) is 7.45. The van der Waals surface area contributed by atoms with Gasteiger partial charge in [-0.15, -0.1) is 0 Å². The Labute approximate surface area is 153 Å². The molecule has 0 aliphatic carbocycles. The lowest BCUT2D eigenvalue weighted by Gasteiger charge is -2.10. The van der Waals surface area contributed by atoms with Crippen LogP contribution in [0.3, 0.4) is 0 Å². The van der Waals surface area contributed by atoms with Crippen molar-refractivity contribution in [3.8, 4) is 0 Å². The fourth-order valence-corrected chi connectivity index (χ4v) is 2.36. The average molecular weight is 375 g/mol. The zero-order chi connectivity index (χ0) is 18.7. The summed E-state index contributed by atoms with van der Waals surface area (Å²) in [6.45, 7) is 1.78. The summed E-state index contributed by atoms with van der Waals surface area (Å²) in [5.41, 5.74) is 0.987. The molecule has 132 valence electrons. The van der Waals surface area contributed by atoms with E-state index < -0.39 is 17.5 Å². The Bertz CT molecular complexity index is 944. The fraction of sp³-hybridized carbons (Fsp3) is 0.0556. The molecule has 0 spiro atoms. The summed E-state index contributed by atoms with van der Waals surface area (Å²) in [7, 11) is 0. The van der Waals surface area contributed by atoms with Crippen LogP contribution in [-0.4, -0.2) is 15.9 Å². The largest absolute Gasteiger partial charge is 0.334 e. The molecule has 0 atom stereocenters. The van der Waals surface area contributed by atoms with Crippen LogP contribution < -0.4 is 10.6 Å². The highest BCUT2D eigenvalue weighted by Crippen LogP contribution is 2.24. The second-order valence-corrected chi connectivity index (χ2v) is 5.78. The van der Waals surface area contributed by atoms with Crippen LogP contribution in [0.25, 0.3) is 0 Å². The van der Waals surface area contributed by atoms with E-state index in [9.17, 15) is 13.6 Å². The van der Waals surface area contributed by atoms with E-state index in [1.54, 1.807) is 25.1 Å². The molecule has 5 nitrogen and oxygen atoms in total. The average Bonchev–Trinajstić information content (AvgIpc) is 2.63. The fourth-order valence-electron chi connectivity index (χ4n) is 2.18. The van der Waals surface area contributed by atoms with Gasteiger partial charge >= 0.3 is 0 Å². The van der Waals surface area contributed by atoms with Gasteiger partial charge in [0.15, 0.2) is 0 Å². The molecule has 0 saturated heterocycles. The summed E-state index contributed by atoms with van der Waals surface area (Å²) in [6, 6.07) is 8.64. The summed E-state index contributed by atoms with van der Waals surface area (Å²) >= 11 is 6.02. The van der Waals surface area contributed by atoms with Gasteiger partial charge in [0.05, 0.1) is 12.4 Å².